The molecule has 0 N–H and O–H groups in total. The third-order valence-electron chi connectivity index (χ3n) is 1.77. The Morgan fingerprint density at radius 2 is 1.88 bits per heavy atom. The van der Waals surface area contributed by atoms with Crippen molar-refractivity contribution in [2.45, 2.75) is 13.1 Å². The minimum absolute atomic E-state index is 0.300. The third-order valence-corrected chi connectivity index (χ3v) is 1.97. The fraction of sp³-hybridized carbons (Fsp3) is 0.200. The quantitative estimate of drug-likeness (QED) is 0.469. The highest BCUT2D eigenvalue weighted by molar-refractivity contribution is 6.67. The lowest BCUT2D eigenvalue weighted by Crippen LogP contribution is -2.12. The molecule has 0 spiro atoms. The van der Waals surface area contributed by atoms with Gasteiger partial charge in [0.1, 0.15) is 5.75 Å². The maximum Gasteiger partial charge on any atom is 0.417 e. The van der Waals surface area contributed by atoms with E-state index in [1.807, 2.05) is 0 Å². The van der Waals surface area contributed by atoms with Crippen LogP contribution in [-0.4, -0.2) is 11.2 Å². The summed E-state index contributed by atoms with van der Waals surface area (Å²) >= 11 is 5.03. The smallest absolute Gasteiger partial charge is 0.417 e. The Balaban J connectivity index is 3.29. The van der Waals surface area contributed by atoms with Crippen LogP contribution >= 0.6 is 11.6 Å². The summed E-state index contributed by atoms with van der Waals surface area (Å²) in [7, 11) is 0. The Bertz CT molecular complexity index is 468. The zero-order valence-electron chi connectivity index (χ0n) is 8.47. The van der Waals surface area contributed by atoms with E-state index in [-0.39, 0.29) is 5.75 Å². The predicted octanol–water partition coefficient (Wildman–Crippen LogP) is 3.01. The third kappa shape index (κ3) is 3.45. The van der Waals surface area contributed by atoms with Crippen molar-refractivity contribution in [1.29, 1.82) is 0 Å². The van der Waals surface area contributed by atoms with Crippen LogP contribution in [0.5, 0.6) is 5.75 Å². The molecule has 0 amide bonds. The monoisotopic (exact) mass is 266 g/mol. The SMILES string of the molecule is CC(=O)Oc1ccc(C(=O)Cl)c(C(F)(F)F)c1. The van der Waals surface area contributed by atoms with Crippen molar-refractivity contribution in [3.05, 3.63) is 29.3 Å². The Morgan fingerprint density at radius 3 is 2.29 bits per heavy atom. The molecule has 0 aliphatic rings. The summed E-state index contributed by atoms with van der Waals surface area (Å²) in [5, 5.41) is -1.23. The van der Waals surface area contributed by atoms with E-state index in [1.165, 1.54) is 0 Å². The standard InChI is InChI=1S/C10H6ClF3O3/c1-5(15)17-6-2-3-7(9(11)16)8(4-6)10(12,13)14/h2-4H,1H3. The molecule has 0 atom stereocenters. The van der Waals surface area contributed by atoms with E-state index in [9.17, 15) is 22.8 Å². The van der Waals surface area contributed by atoms with Gasteiger partial charge in [-0.3, -0.25) is 9.59 Å². The number of alkyl halides is 3. The second-order valence-electron chi connectivity index (χ2n) is 3.07. The predicted molar refractivity (Wildman–Crippen MR) is 52.9 cm³/mol. The Morgan fingerprint density at radius 1 is 1.29 bits per heavy atom. The zero-order valence-corrected chi connectivity index (χ0v) is 9.22. The Labute approximate surface area is 99.1 Å². The lowest BCUT2D eigenvalue weighted by Gasteiger charge is -2.11. The van der Waals surface area contributed by atoms with Crippen molar-refractivity contribution in [3.63, 3.8) is 0 Å². The molecule has 92 valence electrons. The normalized spacial score (nSPS) is 11.1. The highest BCUT2D eigenvalue weighted by atomic mass is 35.5. The molecule has 1 rings (SSSR count). The van der Waals surface area contributed by atoms with Gasteiger partial charge in [-0.25, -0.2) is 0 Å². The lowest BCUT2D eigenvalue weighted by atomic mass is 10.1. The molecule has 0 fully saturated rings. The molecule has 0 unspecified atom stereocenters. The summed E-state index contributed by atoms with van der Waals surface area (Å²) in [6.45, 7) is 1.05. The largest absolute Gasteiger partial charge is 0.427 e. The fourth-order valence-electron chi connectivity index (χ4n) is 1.16. The summed E-state index contributed by atoms with van der Waals surface area (Å²) in [6, 6.07) is 2.47. The molecular weight excluding hydrogens is 261 g/mol. The molecule has 1 aromatic rings. The van der Waals surface area contributed by atoms with Crippen molar-refractivity contribution in [2.24, 2.45) is 0 Å². The molecule has 0 saturated heterocycles. The van der Waals surface area contributed by atoms with Crippen LogP contribution in [0.25, 0.3) is 0 Å². The van der Waals surface area contributed by atoms with Crippen LogP contribution in [0.15, 0.2) is 18.2 Å². The lowest BCUT2D eigenvalue weighted by molar-refractivity contribution is -0.138. The van der Waals surface area contributed by atoms with E-state index >= 15 is 0 Å². The molecule has 17 heavy (non-hydrogen) atoms. The highest BCUT2D eigenvalue weighted by Gasteiger charge is 2.35. The van der Waals surface area contributed by atoms with E-state index in [0.29, 0.717) is 6.07 Å². The van der Waals surface area contributed by atoms with E-state index in [0.717, 1.165) is 19.1 Å². The molecular formula is C10H6ClF3O3. The fourth-order valence-corrected chi connectivity index (χ4v) is 1.32. The Hall–Kier alpha value is -1.56. The van der Waals surface area contributed by atoms with Crippen LogP contribution in [0.3, 0.4) is 0 Å². The summed E-state index contributed by atoms with van der Waals surface area (Å²) in [6.07, 6.45) is -4.75. The number of hydrogen-bond donors (Lipinski definition) is 0. The number of hydrogen-bond acceptors (Lipinski definition) is 3. The van der Waals surface area contributed by atoms with E-state index in [4.69, 9.17) is 11.6 Å². The number of carbonyl (C=O) groups excluding carboxylic acids is 2. The van der Waals surface area contributed by atoms with Crippen molar-refractivity contribution in [2.75, 3.05) is 0 Å². The molecule has 0 aliphatic carbocycles. The van der Waals surface area contributed by atoms with Gasteiger partial charge in [-0.2, -0.15) is 13.2 Å². The number of rotatable bonds is 2. The van der Waals surface area contributed by atoms with E-state index < -0.39 is 28.5 Å². The minimum Gasteiger partial charge on any atom is -0.427 e. The molecule has 0 bridgehead atoms. The summed E-state index contributed by atoms with van der Waals surface area (Å²) in [4.78, 5) is 21.4. The Kier molecular flexibility index (Phi) is 3.77. The number of ether oxygens (including phenoxy) is 1. The van der Waals surface area contributed by atoms with Crippen LogP contribution in [0.2, 0.25) is 0 Å². The first-order valence-electron chi connectivity index (χ1n) is 4.31. The average Bonchev–Trinajstić information content (AvgIpc) is 2.14. The first-order chi connectivity index (χ1) is 7.71. The number of esters is 1. The average molecular weight is 267 g/mol. The van der Waals surface area contributed by atoms with Crippen LogP contribution in [0.4, 0.5) is 13.2 Å². The molecule has 0 aliphatic heterocycles. The van der Waals surface area contributed by atoms with E-state index in [2.05, 4.69) is 4.74 Å². The van der Waals surface area contributed by atoms with Crippen molar-refractivity contribution in [1.82, 2.24) is 0 Å². The number of carbonyl (C=O) groups is 2. The van der Waals surface area contributed by atoms with Crippen LogP contribution in [-0.2, 0) is 11.0 Å². The first kappa shape index (κ1) is 13.5. The van der Waals surface area contributed by atoms with Gasteiger partial charge in [0.2, 0.25) is 0 Å². The van der Waals surface area contributed by atoms with Gasteiger partial charge in [0.25, 0.3) is 5.24 Å². The molecule has 0 aromatic heterocycles. The molecule has 0 heterocycles. The summed E-state index contributed by atoms with van der Waals surface area (Å²) < 4.78 is 42.2. The van der Waals surface area contributed by atoms with Gasteiger partial charge in [0.15, 0.2) is 0 Å². The topological polar surface area (TPSA) is 43.4 Å². The molecule has 0 radical (unpaired) electrons. The molecule has 0 saturated carbocycles. The molecule has 1 aromatic carbocycles. The first-order valence-corrected chi connectivity index (χ1v) is 4.69. The van der Waals surface area contributed by atoms with Crippen LogP contribution < -0.4 is 4.74 Å². The zero-order chi connectivity index (χ0) is 13.2. The van der Waals surface area contributed by atoms with E-state index in [1.54, 1.807) is 0 Å². The summed E-state index contributed by atoms with van der Waals surface area (Å²) in [5.74, 6) is -1.06. The van der Waals surface area contributed by atoms with Gasteiger partial charge in [0, 0.05) is 12.5 Å². The van der Waals surface area contributed by atoms with Gasteiger partial charge in [-0.1, -0.05) is 0 Å². The summed E-state index contributed by atoms with van der Waals surface area (Å²) in [5.41, 5.74) is -1.92. The number of halogens is 4. The molecule has 7 heteroatoms. The van der Waals surface area contributed by atoms with Gasteiger partial charge >= 0.3 is 12.1 Å². The minimum atomic E-state index is -4.75. The maximum absolute atomic E-state index is 12.6. The van der Waals surface area contributed by atoms with Crippen LogP contribution in [0.1, 0.15) is 22.8 Å². The van der Waals surface area contributed by atoms with Crippen molar-refractivity contribution in [3.8, 4) is 5.75 Å². The van der Waals surface area contributed by atoms with Crippen molar-refractivity contribution >= 4 is 22.8 Å². The highest BCUT2D eigenvalue weighted by Crippen LogP contribution is 2.35. The number of benzene rings is 1. The van der Waals surface area contributed by atoms with Gasteiger partial charge in [0.05, 0.1) is 5.56 Å². The van der Waals surface area contributed by atoms with Crippen molar-refractivity contribution < 1.29 is 27.5 Å². The van der Waals surface area contributed by atoms with Gasteiger partial charge in [-0.15, -0.1) is 0 Å². The second-order valence-corrected chi connectivity index (χ2v) is 3.42. The van der Waals surface area contributed by atoms with Crippen LogP contribution in [0, 0.1) is 0 Å². The van der Waals surface area contributed by atoms with Gasteiger partial charge < -0.3 is 4.74 Å². The molecule has 3 nitrogen and oxygen atoms in total. The second kappa shape index (κ2) is 4.75. The van der Waals surface area contributed by atoms with Gasteiger partial charge in [-0.05, 0) is 29.8 Å². The maximum atomic E-state index is 12.6.